The van der Waals surface area contributed by atoms with Gasteiger partial charge in [0.15, 0.2) is 0 Å². The minimum absolute atomic E-state index is 0.0698. The molecule has 28 heavy (non-hydrogen) atoms. The SMILES string of the molecule is Cc1cc(Nc2ccc(F)cc2)cc(C2CCN(C(=O)c3ccccc3)C2)n1. The molecule has 1 fully saturated rings. The number of amides is 1. The zero-order valence-electron chi connectivity index (χ0n) is 15.7. The third-order valence-corrected chi connectivity index (χ3v) is 5.02. The summed E-state index contributed by atoms with van der Waals surface area (Å²) in [5, 5.41) is 3.31. The van der Waals surface area contributed by atoms with E-state index in [-0.39, 0.29) is 17.6 Å². The summed E-state index contributed by atoms with van der Waals surface area (Å²) in [4.78, 5) is 19.3. The number of nitrogens with zero attached hydrogens (tertiary/aromatic N) is 2. The summed E-state index contributed by atoms with van der Waals surface area (Å²) in [6.07, 6.45) is 0.894. The highest BCUT2D eigenvalue weighted by atomic mass is 19.1. The Balaban J connectivity index is 1.49. The molecule has 1 atom stereocenters. The maximum absolute atomic E-state index is 13.1. The van der Waals surface area contributed by atoms with E-state index in [1.807, 2.05) is 54.3 Å². The van der Waals surface area contributed by atoms with Gasteiger partial charge in [0.05, 0.1) is 0 Å². The second-order valence-electron chi connectivity index (χ2n) is 7.16. The van der Waals surface area contributed by atoms with Crippen molar-refractivity contribution in [1.29, 1.82) is 0 Å². The fraction of sp³-hybridized carbons (Fsp3) is 0.217. The van der Waals surface area contributed by atoms with E-state index in [0.717, 1.165) is 41.3 Å². The van der Waals surface area contributed by atoms with Gasteiger partial charge in [-0.25, -0.2) is 4.39 Å². The summed E-state index contributed by atoms with van der Waals surface area (Å²) in [6, 6.07) is 19.7. The third-order valence-electron chi connectivity index (χ3n) is 5.02. The van der Waals surface area contributed by atoms with Gasteiger partial charge in [-0.1, -0.05) is 18.2 Å². The van der Waals surface area contributed by atoms with Crippen LogP contribution in [-0.2, 0) is 0 Å². The number of aromatic nitrogens is 1. The number of likely N-dealkylation sites (tertiary alicyclic amines) is 1. The van der Waals surface area contributed by atoms with Crippen molar-refractivity contribution in [3.63, 3.8) is 0 Å². The van der Waals surface area contributed by atoms with E-state index in [1.54, 1.807) is 12.1 Å². The number of carbonyl (C=O) groups is 1. The topological polar surface area (TPSA) is 45.2 Å². The number of hydrogen-bond donors (Lipinski definition) is 1. The molecule has 4 rings (SSSR count). The Bertz CT molecular complexity index is 973. The molecule has 0 aliphatic carbocycles. The van der Waals surface area contributed by atoms with Gasteiger partial charge in [0, 0.05) is 47.3 Å². The lowest BCUT2D eigenvalue weighted by atomic mass is 10.0. The van der Waals surface area contributed by atoms with Crippen molar-refractivity contribution in [2.75, 3.05) is 18.4 Å². The zero-order valence-corrected chi connectivity index (χ0v) is 15.7. The van der Waals surface area contributed by atoms with Crippen molar-refractivity contribution in [1.82, 2.24) is 9.88 Å². The number of pyridine rings is 1. The number of aryl methyl sites for hydroxylation is 1. The molecule has 1 amide bonds. The molecule has 3 aromatic rings. The molecule has 4 nitrogen and oxygen atoms in total. The van der Waals surface area contributed by atoms with Gasteiger partial charge in [-0.05, 0) is 61.9 Å². The van der Waals surface area contributed by atoms with Crippen LogP contribution in [0.3, 0.4) is 0 Å². The molecule has 0 spiro atoms. The van der Waals surface area contributed by atoms with E-state index >= 15 is 0 Å². The van der Waals surface area contributed by atoms with Gasteiger partial charge in [-0.15, -0.1) is 0 Å². The standard InChI is InChI=1S/C23H22FN3O/c1-16-13-21(26-20-9-7-19(24)8-10-20)14-22(25-16)18-11-12-27(15-18)23(28)17-5-3-2-4-6-17/h2-10,13-14,18H,11-12,15H2,1H3,(H,25,26). The van der Waals surface area contributed by atoms with E-state index in [1.165, 1.54) is 12.1 Å². The fourth-order valence-corrected chi connectivity index (χ4v) is 3.62. The molecule has 0 radical (unpaired) electrons. The van der Waals surface area contributed by atoms with Crippen LogP contribution in [0, 0.1) is 12.7 Å². The highest BCUT2D eigenvalue weighted by Gasteiger charge is 2.29. The molecule has 5 heteroatoms. The van der Waals surface area contributed by atoms with Crippen molar-refractivity contribution in [2.45, 2.75) is 19.3 Å². The Morgan fingerprint density at radius 2 is 1.82 bits per heavy atom. The summed E-state index contributed by atoms with van der Waals surface area (Å²) in [7, 11) is 0. The molecule has 1 unspecified atom stereocenters. The van der Waals surface area contributed by atoms with Crippen molar-refractivity contribution in [3.05, 3.63) is 89.5 Å². The Morgan fingerprint density at radius 3 is 2.57 bits per heavy atom. The number of halogens is 1. The molecule has 0 bridgehead atoms. The van der Waals surface area contributed by atoms with Gasteiger partial charge < -0.3 is 10.2 Å². The molecule has 1 aromatic heterocycles. The van der Waals surface area contributed by atoms with Gasteiger partial charge in [0.25, 0.3) is 5.91 Å². The first-order valence-corrected chi connectivity index (χ1v) is 9.44. The van der Waals surface area contributed by atoms with Crippen LogP contribution in [0.4, 0.5) is 15.8 Å². The second kappa shape index (κ2) is 7.80. The van der Waals surface area contributed by atoms with Crippen molar-refractivity contribution in [3.8, 4) is 0 Å². The number of rotatable bonds is 4. The number of benzene rings is 2. The average Bonchev–Trinajstić information content (AvgIpc) is 3.20. The third kappa shape index (κ3) is 4.03. The minimum Gasteiger partial charge on any atom is -0.355 e. The van der Waals surface area contributed by atoms with Crippen LogP contribution in [0.2, 0.25) is 0 Å². The lowest BCUT2D eigenvalue weighted by molar-refractivity contribution is 0.0790. The Labute approximate surface area is 164 Å². The minimum atomic E-state index is -0.258. The lowest BCUT2D eigenvalue weighted by Gasteiger charge is -2.17. The molecule has 1 saturated heterocycles. The fourth-order valence-electron chi connectivity index (χ4n) is 3.62. The quantitative estimate of drug-likeness (QED) is 0.705. The number of nitrogens with one attached hydrogen (secondary N) is 1. The molecular formula is C23H22FN3O. The van der Waals surface area contributed by atoms with Crippen LogP contribution in [0.5, 0.6) is 0 Å². The van der Waals surface area contributed by atoms with Crippen LogP contribution >= 0.6 is 0 Å². The molecule has 2 aromatic carbocycles. The van der Waals surface area contributed by atoms with E-state index in [2.05, 4.69) is 5.32 Å². The Kier molecular flexibility index (Phi) is 5.06. The number of hydrogen-bond acceptors (Lipinski definition) is 3. The maximum atomic E-state index is 13.1. The summed E-state index contributed by atoms with van der Waals surface area (Å²) >= 11 is 0. The van der Waals surface area contributed by atoms with Crippen LogP contribution in [0.1, 0.15) is 34.1 Å². The molecular weight excluding hydrogens is 353 g/mol. The van der Waals surface area contributed by atoms with Crippen molar-refractivity contribution >= 4 is 17.3 Å². The highest BCUT2D eigenvalue weighted by Crippen LogP contribution is 2.29. The second-order valence-corrected chi connectivity index (χ2v) is 7.16. The maximum Gasteiger partial charge on any atom is 0.253 e. The number of anilines is 2. The van der Waals surface area contributed by atoms with Crippen LogP contribution in [0.15, 0.2) is 66.7 Å². The summed E-state index contributed by atoms with van der Waals surface area (Å²) in [5.41, 5.74) is 4.36. The molecule has 2 heterocycles. The van der Waals surface area contributed by atoms with Gasteiger partial charge >= 0.3 is 0 Å². The first-order valence-electron chi connectivity index (χ1n) is 9.44. The largest absolute Gasteiger partial charge is 0.355 e. The van der Waals surface area contributed by atoms with Crippen molar-refractivity contribution in [2.24, 2.45) is 0 Å². The molecule has 142 valence electrons. The summed E-state index contributed by atoms with van der Waals surface area (Å²) < 4.78 is 13.1. The van der Waals surface area contributed by atoms with Crippen molar-refractivity contribution < 1.29 is 9.18 Å². The molecule has 1 aliphatic heterocycles. The number of carbonyl (C=O) groups excluding carboxylic acids is 1. The van der Waals surface area contributed by atoms with Gasteiger partial charge in [0.2, 0.25) is 0 Å². The first-order chi connectivity index (χ1) is 13.6. The van der Waals surface area contributed by atoms with Gasteiger partial charge in [-0.2, -0.15) is 0 Å². The monoisotopic (exact) mass is 375 g/mol. The normalized spacial score (nSPS) is 16.2. The molecule has 1 aliphatic rings. The van der Waals surface area contributed by atoms with Crippen LogP contribution in [-0.4, -0.2) is 28.9 Å². The van der Waals surface area contributed by atoms with E-state index in [0.29, 0.717) is 6.54 Å². The zero-order chi connectivity index (χ0) is 19.5. The average molecular weight is 375 g/mol. The lowest BCUT2D eigenvalue weighted by Crippen LogP contribution is -2.28. The molecule has 1 N–H and O–H groups in total. The first kappa shape index (κ1) is 18.2. The van der Waals surface area contributed by atoms with E-state index < -0.39 is 0 Å². The van der Waals surface area contributed by atoms with Gasteiger partial charge in [0.1, 0.15) is 5.82 Å². The smallest absolute Gasteiger partial charge is 0.253 e. The highest BCUT2D eigenvalue weighted by molar-refractivity contribution is 5.94. The van der Waals surface area contributed by atoms with E-state index in [4.69, 9.17) is 4.98 Å². The van der Waals surface area contributed by atoms with Crippen LogP contribution < -0.4 is 5.32 Å². The Hall–Kier alpha value is -3.21. The predicted octanol–water partition coefficient (Wildman–Crippen LogP) is 4.90. The van der Waals surface area contributed by atoms with Gasteiger partial charge in [-0.3, -0.25) is 9.78 Å². The summed E-state index contributed by atoms with van der Waals surface area (Å²) in [6.45, 7) is 3.36. The van der Waals surface area contributed by atoms with E-state index in [9.17, 15) is 9.18 Å². The van der Waals surface area contributed by atoms with Crippen LogP contribution in [0.25, 0.3) is 0 Å². The Morgan fingerprint density at radius 1 is 1.07 bits per heavy atom. The predicted molar refractivity (Wildman–Crippen MR) is 108 cm³/mol. The molecule has 0 saturated carbocycles. The summed E-state index contributed by atoms with van der Waals surface area (Å²) in [5.74, 6) is 0.0213.